The first-order chi connectivity index (χ1) is 29.8. The zero-order valence-electron chi connectivity index (χ0n) is 38.7. The lowest BCUT2D eigenvalue weighted by Gasteiger charge is -2.72. The van der Waals surface area contributed by atoms with Crippen molar-refractivity contribution in [2.75, 3.05) is 13.2 Å². The number of ether oxygens (including phenoxy) is 6. The minimum atomic E-state index is -1.74. The highest BCUT2D eigenvalue weighted by Crippen LogP contribution is 2.76. The van der Waals surface area contributed by atoms with Crippen molar-refractivity contribution in [3.8, 4) is 0 Å². The lowest BCUT2D eigenvalue weighted by molar-refractivity contribution is -0.364. The van der Waals surface area contributed by atoms with Gasteiger partial charge in [-0.15, -0.1) is 0 Å². The number of carbonyl (C=O) groups is 1. The maximum absolute atomic E-state index is 14.7. The molecule has 0 aromatic carbocycles. The number of aliphatic hydroxyl groups excluding tert-OH is 9. The second-order valence-corrected chi connectivity index (χ2v) is 22.7. The minimum absolute atomic E-state index is 0.144. The van der Waals surface area contributed by atoms with E-state index in [2.05, 4.69) is 40.7 Å². The average molecular weight is 913 g/mol. The summed E-state index contributed by atoms with van der Waals surface area (Å²) in [6, 6.07) is 0. The van der Waals surface area contributed by atoms with Crippen LogP contribution in [0, 0.1) is 50.7 Å². The van der Waals surface area contributed by atoms with E-state index < -0.39 is 126 Å². The Morgan fingerprint density at radius 2 is 1.39 bits per heavy atom. The molecular formula is C47H76O17. The molecule has 8 aliphatic rings. The second-order valence-electron chi connectivity index (χ2n) is 22.7. The molecule has 7 fully saturated rings. The molecule has 5 aliphatic carbocycles. The number of esters is 1. The summed E-state index contributed by atoms with van der Waals surface area (Å²) in [4.78, 5) is 14.7. The molecule has 3 aliphatic heterocycles. The number of aliphatic hydroxyl groups is 10. The maximum Gasteiger partial charge on any atom is 0.315 e. The van der Waals surface area contributed by atoms with Crippen molar-refractivity contribution in [2.24, 2.45) is 50.7 Å². The van der Waals surface area contributed by atoms with Crippen LogP contribution in [0.1, 0.15) is 113 Å². The monoisotopic (exact) mass is 913 g/mol. The Hall–Kier alpha value is -1.39. The molecule has 17 heteroatoms. The Kier molecular flexibility index (Phi) is 13.0. The molecule has 17 nitrogen and oxygen atoms in total. The average Bonchev–Trinajstić information content (AvgIpc) is 3.24. The van der Waals surface area contributed by atoms with Gasteiger partial charge in [-0.1, -0.05) is 53.2 Å². The number of rotatable bonds is 7. The lowest BCUT2D eigenvalue weighted by atomic mass is 9.33. The van der Waals surface area contributed by atoms with Gasteiger partial charge in [-0.05, 0) is 111 Å². The topological polar surface area (TPSA) is 275 Å². The zero-order chi connectivity index (χ0) is 46.9. The molecule has 4 saturated carbocycles. The van der Waals surface area contributed by atoms with Crippen LogP contribution in [0.15, 0.2) is 11.6 Å². The Bertz CT molecular complexity index is 1760. The molecule has 3 heterocycles. The number of fused-ring (bicyclic) bond motifs is 7. The molecule has 0 aromatic rings. The van der Waals surface area contributed by atoms with Crippen LogP contribution in [0.25, 0.3) is 0 Å². The van der Waals surface area contributed by atoms with Crippen LogP contribution in [-0.2, 0) is 33.2 Å². The van der Waals surface area contributed by atoms with E-state index in [4.69, 9.17) is 28.4 Å². The lowest BCUT2D eigenvalue weighted by Crippen LogP contribution is -2.68. The number of hydrogen-bond donors (Lipinski definition) is 10. The molecule has 24 unspecified atom stereocenters. The van der Waals surface area contributed by atoms with Gasteiger partial charge in [-0.25, -0.2) is 0 Å². The SMILES string of the molecule is CC1OC(OC2C(OC3CCC4(C)C(CCC5(C)C4CC=C4C6C(C(=O)OC7OC(CO)C(O)C(O)C7O)(CCC(C)C6(C)O)CCC45C)C3(C)C)OCC(O)C2O)C(O)C(O)C1O. The third-order valence-corrected chi connectivity index (χ3v) is 19.3. The molecule has 0 amide bonds. The fourth-order valence-electron chi connectivity index (χ4n) is 14.9. The van der Waals surface area contributed by atoms with Gasteiger partial charge < -0.3 is 79.5 Å². The highest BCUT2D eigenvalue weighted by Gasteiger charge is 2.72. The van der Waals surface area contributed by atoms with E-state index >= 15 is 0 Å². The molecular weight excluding hydrogens is 836 g/mol. The standard InChI is InChI=1S/C47H76O17/c1-21-11-16-47(41(57)64-39-35(56)33(54)31(52)25(19-48)61-39)18-17-44(6)23(37(47)46(21,8)58)9-10-27-43(5)14-13-28(42(3,4)26(43)12-15-45(27,44)7)62-40-36(30(51)24(49)20-59-40)63-38-34(55)32(53)29(50)22(2)60-38/h9,21-22,24-40,48-56,58H,10-20H2,1-8H3. The van der Waals surface area contributed by atoms with E-state index in [0.29, 0.717) is 32.1 Å². The molecule has 0 aromatic heterocycles. The van der Waals surface area contributed by atoms with Gasteiger partial charge in [0.1, 0.15) is 61.0 Å². The van der Waals surface area contributed by atoms with Gasteiger partial charge in [-0.2, -0.15) is 0 Å². The van der Waals surface area contributed by atoms with E-state index in [0.717, 1.165) is 31.3 Å². The van der Waals surface area contributed by atoms with E-state index in [1.165, 1.54) is 6.92 Å². The molecule has 3 saturated heterocycles. The number of allylic oxidation sites excluding steroid dienone is 1. The molecule has 24 atom stereocenters. The molecule has 0 bridgehead atoms. The fraction of sp³-hybridized carbons (Fsp3) is 0.936. The molecule has 366 valence electrons. The first-order valence-electron chi connectivity index (χ1n) is 23.7. The van der Waals surface area contributed by atoms with Crippen molar-refractivity contribution in [1.82, 2.24) is 0 Å². The molecule has 8 rings (SSSR count). The molecule has 64 heavy (non-hydrogen) atoms. The number of hydrogen-bond acceptors (Lipinski definition) is 17. The van der Waals surface area contributed by atoms with Crippen molar-refractivity contribution in [3.05, 3.63) is 11.6 Å². The highest BCUT2D eigenvalue weighted by atomic mass is 16.8. The van der Waals surface area contributed by atoms with Crippen LogP contribution < -0.4 is 0 Å². The normalized spacial score (nSPS) is 56.1. The van der Waals surface area contributed by atoms with Crippen LogP contribution in [0.5, 0.6) is 0 Å². The quantitative estimate of drug-likeness (QED) is 0.0960. The van der Waals surface area contributed by atoms with E-state index in [1.807, 2.05) is 13.8 Å². The predicted octanol–water partition coefficient (Wildman–Crippen LogP) is 0.778. The summed E-state index contributed by atoms with van der Waals surface area (Å²) in [5, 5.41) is 107. The van der Waals surface area contributed by atoms with Crippen LogP contribution >= 0.6 is 0 Å². The van der Waals surface area contributed by atoms with E-state index in [-0.39, 0.29) is 41.3 Å². The summed E-state index contributed by atoms with van der Waals surface area (Å²) in [6.45, 7) is 16.0. The molecule has 0 radical (unpaired) electrons. The summed E-state index contributed by atoms with van der Waals surface area (Å²) < 4.78 is 36.1. The van der Waals surface area contributed by atoms with Gasteiger partial charge in [-0.3, -0.25) is 4.79 Å². The van der Waals surface area contributed by atoms with Crippen molar-refractivity contribution in [1.29, 1.82) is 0 Å². The first kappa shape index (κ1) is 49.0. The predicted molar refractivity (Wildman–Crippen MR) is 224 cm³/mol. The number of carbonyl (C=O) groups excluding carboxylic acids is 1. The van der Waals surface area contributed by atoms with Crippen molar-refractivity contribution in [2.45, 2.75) is 211 Å². The van der Waals surface area contributed by atoms with Crippen LogP contribution in [0.4, 0.5) is 0 Å². The van der Waals surface area contributed by atoms with Gasteiger partial charge in [0.25, 0.3) is 0 Å². The summed E-state index contributed by atoms with van der Waals surface area (Å²) >= 11 is 0. The third kappa shape index (κ3) is 7.23. The fourth-order valence-corrected chi connectivity index (χ4v) is 14.9. The van der Waals surface area contributed by atoms with Gasteiger partial charge in [0.05, 0.1) is 36.4 Å². The van der Waals surface area contributed by atoms with Crippen molar-refractivity contribution < 1.29 is 84.3 Å². The highest BCUT2D eigenvalue weighted by molar-refractivity contribution is 5.79. The van der Waals surface area contributed by atoms with Crippen LogP contribution in [0.2, 0.25) is 0 Å². The molecule has 10 N–H and O–H groups in total. The van der Waals surface area contributed by atoms with Crippen molar-refractivity contribution in [3.63, 3.8) is 0 Å². The van der Waals surface area contributed by atoms with Gasteiger partial charge in [0.2, 0.25) is 6.29 Å². The third-order valence-electron chi connectivity index (χ3n) is 19.3. The maximum atomic E-state index is 14.7. The Labute approximate surface area is 376 Å². The van der Waals surface area contributed by atoms with Crippen LogP contribution in [0.3, 0.4) is 0 Å². The summed E-state index contributed by atoms with van der Waals surface area (Å²) in [6.07, 6.45) is -12.0. The summed E-state index contributed by atoms with van der Waals surface area (Å²) in [7, 11) is 0. The Balaban J connectivity index is 1.05. The smallest absolute Gasteiger partial charge is 0.315 e. The first-order valence-corrected chi connectivity index (χ1v) is 23.7. The Morgan fingerprint density at radius 1 is 0.719 bits per heavy atom. The van der Waals surface area contributed by atoms with Gasteiger partial charge in [0, 0.05) is 5.92 Å². The van der Waals surface area contributed by atoms with Crippen LogP contribution in [-0.4, -0.2) is 168 Å². The van der Waals surface area contributed by atoms with Gasteiger partial charge in [0.15, 0.2) is 12.6 Å². The van der Waals surface area contributed by atoms with E-state index in [1.54, 1.807) is 0 Å². The molecule has 0 spiro atoms. The largest absolute Gasteiger partial charge is 0.432 e. The van der Waals surface area contributed by atoms with E-state index in [9.17, 15) is 55.9 Å². The summed E-state index contributed by atoms with van der Waals surface area (Å²) in [5.41, 5.74) is -2.62. The summed E-state index contributed by atoms with van der Waals surface area (Å²) in [5.74, 6) is -0.983. The second kappa shape index (κ2) is 16.9. The Morgan fingerprint density at radius 3 is 2.08 bits per heavy atom. The minimum Gasteiger partial charge on any atom is -0.432 e. The van der Waals surface area contributed by atoms with Crippen molar-refractivity contribution >= 4 is 5.97 Å². The zero-order valence-corrected chi connectivity index (χ0v) is 38.7. The van der Waals surface area contributed by atoms with Gasteiger partial charge >= 0.3 is 5.97 Å².